The standard InChI is InChI=1S/C13H23NO2/c1-6-8-11(7-2)9-14-10-12(15)16-13(3,4)5/h6-8,14H,9-10H2,1-5H3/b8-6-,11-7+. The van der Waals surface area contributed by atoms with Crippen molar-refractivity contribution in [3.05, 3.63) is 23.8 Å². The normalized spacial score (nSPS) is 13.2. The van der Waals surface area contributed by atoms with Gasteiger partial charge < -0.3 is 10.1 Å². The van der Waals surface area contributed by atoms with Gasteiger partial charge in [0.1, 0.15) is 5.60 Å². The van der Waals surface area contributed by atoms with Gasteiger partial charge in [0.15, 0.2) is 0 Å². The van der Waals surface area contributed by atoms with E-state index in [-0.39, 0.29) is 12.5 Å². The predicted molar refractivity (Wildman–Crippen MR) is 67.3 cm³/mol. The van der Waals surface area contributed by atoms with Gasteiger partial charge in [-0.15, -0.1) is 0 Å². The zero-order valence-corrected chi connectivity index (χ0v) is 11.0. The Balaban J connectivity index is 3.86. The molecule has 16 heavy (non-hydrogen) atoms. The van der Waals surface area contributed by atoms with Gasteiger partial charge in [-0.1, -0.05) is 18.2 Å². The summed E-state index contributed by atoms with van der Waals surface area (Å²) in [5, 5.41) is 3.05. The summed E-state index contributed by atoms with van der Waals surface area (Å²) >= 11 is 0. The van der Waals surface area contributed by atoms with E-state index in [2.05, 4.69) is 5.32 Å². The van der Waals surface area contributed by atoms with E-state index in [1.165, 1.54) is 0 Å². The van der Waals surface area contributed by atoms with Gasteiger partial charge in [-0.25, -0.2) is 0 Å². The molecule has 0 rings (SSSR count). The molecule has 0 unspecified atom stereocenters. The van der Waals surface area contributed by atoms with Gasteiger partial charge in [0.25, 0.3) is 0 Å². The number of esters is 1. The van der Waals surface area contributed by atoms with E-state index >= 15 is 0 Å². The highest BCUT2D eigenvalue weighted by atomic mass is 16.6. The molecule has 0 aliphatic rings. The van der Waals surface area contributed by atoms with E-state index in [4.69, 9.17) is 4.74 Å². The van der Waals surface area contributed by atoms with Gasteiger partial charge in [-0.3, -0.25) is 4.79 Å². The predicted octanol–water partition coefficient (Wildman–Crippen LogP) is 2.44. The van der Waals surface area contributed by atoms with E-state index < -0.39 is 5.60 Å². The number of carbonyl (C=O) groups excluding carboxylic acids is 1. The molecule has 0 radical (unpaired) electrons. The van der Waals surface area contributed by atoms with Gasteiger partial charge in [0.05, 0.1) is 6.54 Å². The van der Waals surface area contributed by atoms with Gasteiger partial charge in [-0.05, 0) is 40.2 Å². The SMILES string of the molecule is C/C=C\C(=C/C)CNCC(=O)OC(C)(C)C. The molecular formula is C13H23NO2. The highest BCUT2D eigenvalue weighted by molar-refractivity contribution is 5.72. The Morgan fingerprint density at radius 3 is 2.31 bits per heavy atom. The number of hydrogen-bond donors (Lipinski definition) is 1. The Labute approximate surface area is 98.6 Å². The first kappa shape index (κ1) is 14.9. The zero-order chi connectivity index (χ0) is 12.6. The molecule has 0 aliphatic carbocycles. The smallest absolute Gasteiger partial charge is 0.320 e. The number of rotatable bonds is 5. The molecule has 3 nitrogen and oxygen atoms in total. The van der Waals surface area contributed by atoms with Crippen molar-refractivity contribution in [1.82, 2.24) is 5.32 Å². The molecule has 0 aromatic carbocycles. The van der Waals surface area contributed by atoms with Crippen LogP contribution in [0.3, 0.4) is 0 Å². The Hall–Kier alpha value is -1.09. The van der Waals surface area contributed by atoms with Gasteiger partial charge >= 0.3 is 5.97 Å². The lowest BCUT2D eigenvalue weighted by atomic mass is 10.2. The van der Waals surface area contributed by atoms with Crippen LogP contribution in [0.1, 0.15) is 34.6 Å². The van der Waals surface area contributed by atoms with Crippen molar-refractivity contribution >= 4 is 5.97 Å². The number of ether oxygens (including phenoxy) is 1. The van der Waals surface area contributed by atoms with Crippen LogP contribution in [0.25, 0.3) is 0 Å². The van der Waals surface area contributed by atoms with E-state index in [1.807, 2.05) is 52.8 Å². The summed E-state index contributed by atoms with van der Waals surface area (Å²) in [6.45, 7) is 10.5. The van der Waals surface area contributed by atoms with Crippen molar-refractivity contribution in [2.75, 3.05) is 13.1 Å². The molecule has 1 N–H and O–H groups in total. The van der Waals surface area contributed by atoms with Crippen LogP contribution >= 0.6 is 0 Å². The van der Waals surface area contributed by atoms with Crippen LogP contribution < -0.4 is 5.32 Å². The molecule has 0 saturated carbocycles. The van der Waals surface area contributed by atoms with E-state index in [1.54, 1.807) is 0 Å². The third kappa shape index (κ3) is 8.24. The van der Waals surface area contributed by atoms with Gasteiger partial charge in [0, 0.05) is 6.54 Å². The summed E-state index contributed by atoms with van der Waals surface area (Å²) in [5.41, 5.74) is 0.747. The first-order valence-corrected chi connectivity index (χ1v) is 5.59. The van der Waals surface area contributed by atoms with Gasteiger partial charge in [0.2, 0.25) is 0 Å². The molecule has 3 heteroatoms. The molecule has 0 heterocycles. The molecule has 0 saturated heterocycles. The first-order valence-electron chi connectivity index (χ1n) is 5.59. The monoisotopic (exact) mass is 225 g/mol. The minimum absolute atomic E-state index is 0.219. The third-order valence-corrected chi connectivity index (χ3v) is 1.77. The number of nitrogens with one attached hydrogen (secondary N) is 1. The second-order valence-corrected chi connectivity index (χ2v) is 4.55. The van der Waals surface area contributed by atoms with E-state index in [0.29, 0.717) is 6.54 Å². The Morgan fingerprint density at radius 1 is 1.25 bits per heavy atom. The third-order valence-electron chi connectivity index (χ3n) is 1.77. The van der Waals surface area contributed by atoms with Crippen LogP contribution in [0.5, 0.6) is 0 Å². The zero-order valence-electron chi connectivity index (χ0n) is 11.0. The lowest BCUT2D eigenvalue weighted by Crippen LogP contribution is -2.32. The molecule has 0 amide bonds. The van der Waals surface area contributed by atoms with Crippen molar-refractivity contribution in [2.24, 2.45) is 0 Å². The first-order chi connectivity index (χ1) is 7.39. The number of hydrogen-bond acceptors (Lipinski definition) is 3. The van der Waals surface area contributed by atoms with Crippen molar-refractivity contribution in [3.8, 4) is 0 Å². The van der Waals surface area contributed by atoms with Gasteiger partial charge in [-0.2, -0.15) is 0 Å². The summed E-state index contributed by atoms with van der Waals surface area (Å²) in [5.74, 6) is -0.219. The van der Waals surface area contributed by atoms with Crippen LogP contribution in [0, 0.1) is 0 Å². The maximum Gasteiger partial charge on any atom is 0.320 e. The van der Waals surface area contributed by atoms with Crippen LogP contribution in [-0.4, -0.2) is 24.7 Å². The highest BCUT2D eigenvalue weighted by Crippen LogP contribution is 2.06. The highest BCUT2D eigenvalue weighted by Gasteiger charge is 2.15. The molecule has 0 aromatic rings. The molecule has 0 aromatic heterocycles. The van der Waals surface area contributed by atoms with Crippen molar-refractivity contribution in [1.29, 1.82) is 0 Å². The molecule has 92 valence electrons. The molecule has 0 aliphatic heterocycles. The summed E-state index contributed by atoms with van der Waals surface area (Å²) in [6, 6.07) is 0. The Kier molecular flexibility index (Phi) is 6.74. The fraction of sp³-hybridized carbons (Fsp3) is 0.615. The molecule has 0 bridgehead atoms. The van der Waals surface area contributed by atoms with Crippen LogP contribution in [0.15, 0.2) is 23.8 Å². The topological polar surface area (TPSA) is 38.3 Å². The molecule has 0 fully saturated rings. The summed E-state index contributed by atoms with van der Waals surface area (Å²) in [4.78, 5) is 11.4. The second-order valence-electron chi connectivity index (χ2n) is 4.55. The minimum Gasteiger partial charge on any atom is -0.459 e. The average molecular weight is 225 g/mol. The van der Waals surface area contributed by atoms with Crippen LogP contribution in [-0.2, 0) is 9.53 Å². The number of allylic oxidation sites excluding steroid dienone is 2. The summed E-state index contributed by atoms with van der Waals surface area (Å²) < 4.78 is 5.17. The van der Waals surface area contributed by atoms with Crippen LogP contribution in [0.4, 0.5) is 0 Å². The lowest BCUT2D eigenvalue weighted by molar-refractivity contribution is -0.153. The summed E-state index contributed by atoms with van der Waals surface area (Å²) in [7, 11) is 0. The Bertz CT molecular complexity index is 272. The summed E-state index contributed by atoms with van der Waals surface area (Å²) in [6.07, 6.45) is 6.01. The minimum atomic E-state index is -0.411. The quantitative estimate of drug-likeness (QED) is 0.577. The fourth-order valence-corrected chi connectivity index (χ4v) is 1.16. The molecule has 0 atom stereocenters. The van der Waals surface area contributed by atoms with E-state index in [9.17, 15) is 4.79 Å². The Morgan fingerprint density at radius 2 is 1.88 bits per heavy atom. The largest absolute Gasteiger partial charge is 0.459 e. The van der Waals surface area contributed by atoms with Crippen molar-refractivity contribution in [3.63, 3.8) is 0 Å². The van der Waals surface area contributed by atoms with Crippen LogP contribution in [0.2, 0.25) is 0 Å². The fourth-order valence-electron chi connectivity index (χ4n) is 1.16. The maximum atomic E-state index is 11.4. The average Bonchev–Trinajstić information content (AvgIpc) is 2.13. The van der Waals surface area contributed by atoms with E-state index in [0.717, 1.165) is 5.57 Å². The van der Waals surface area contributed by atoms with Crippen molar-refractivity contribution in [2.45, 2.75) is 40.2 Å². The lowest BCUT2D eigenvalue weighted by Gasteiger charge is -2.19. The molecular weight excluding hydrogens is 202 g/mol. The second kappa shape index (κ2) is 7.23. The van der Waals surface area contributed by atoms with Crippen molar-refractivity contribution < 1.29 is 9.53 Å². The molecule has 0 spiro atoms. The maximum absolute atomic E-state index is 11.4. The number of carbonyl (C=O) groups is 1.